The summed E-state index contributed by atoms with van der Waals surface area (Å²) in [5.74, 6) is 1.35. The Bertz CT molecular complexity index is 656. The minimum Gasteiger partial charge on any atom is -0.496 e. The van der Waals surface area contributed by atoms with Crippen molar-refractivity contribution < 1.29 is 14.3 Å². The van der Waals surface area contributed by atoms with E-state index in [1.165, 1.54) is 5.56 Å². The van der Waals surface area contributed by atoms with E-state index in [1.807, 2.05) is 31.2 Å². The Morgan fingerprint density at radius 3 is 2.61 bits per heavy atom. The van der Waals surface area contributed by atoms with E-state index >= 15 is 0 Å². The number of carbonyl (C=O) groups excluding carboxylic acids is 1. The maximum Gasteiger partial charge on any atom is 0.224 e. The number of amides is 1. The van der Waals surface area contributed by atoms with Crippen LogP contribution in [0.25, 0.3) is 0 Å². The summed E-state index contributed by atoms with van der Waals surface area (Å²) < 4.78 is 10.8. The highest BCUT2D eigenvalue weighted by atomic mass is 35.5. The first-order valence-electron chi connectivity index (χ1n) is 7.37. The van der Waals surface area contributed by atoms with Gasteiger partial charge < -0.3 is 14.8 Å². The zero-order valence-electron chi connectivity index (χ0n) is 13.3. The lowest BCUT2D eigenvalue weighted by Gasteiger charge is -2.10. The van der Waals surface area contributed by atoms with Gasteiger partial charge in [-0.3, -0.25) is 4.79 Å². The molecule has 0 saturated heterocycles. The Hall–Kier alpha value is -2.20. The average Bonchev–Trinajstić information content (AvgIpc) is 2.53. The monoisotopic (exact) mass is 333 g/mol. The third-order valence-electron chi connectivity index (χ3n) is 3.31. The standard InChI is InChI=1S/C18H20ClNO3/c1-13-3-6-16(7-4-13)23-10-9-20-18(21)12-14-11-15(19)5-8-17(14)22-2/h3-8,11H,9-10,12H2,1-2H3,(H,20,21). The van der Waals surface area contributed by atoms with E-state index in [0.29, 0.717) is 23.9 Å². The molecule has 0 bridgehead atoms. The molecule has 0 unspecified atom stereocenters. The highest BCUT2D eigenvalue weighted by Gasteiger charge is 2.09. The molecule has 2 rings (SSSR count). The van der Waals surface area contributed by atoms with Gasteiger partial charge in [0.1, 0.15) is 18.1 Å². The molecule has 0 atom stereocenters. The summed E-state index contributed by atoms with van der Waals surface area (Å²) in [6.07, 6.45) is 0.217. The van der Waals surface area contributed by atoms with Gasteiger partial charge in [-0.15, -0.1) is 0 Å². The highest BCUT2D eigenvalue weighted by Crippen LogP contribution is 2.22. The summed E-state index contributed by atoms with van der Waals surface area (Å²) in [6, 6.07) is 13.0. The Labute approximate surface area is 141 Å². The Balaban J connectivity index is 1.77. The second-order valence-electron chi connectivity index (χ2n) is 5.14. The van der Waals surface area contributed by atoms with Crippen LogP contribution in [-0.4, -0.2) is 26.2 Å². The van der Waals surface area contributed by atoms with Crippen LogP contribution in [0.2, 0.25) is 5.02 Å². The van der Waals surface area contributed by atoms with E-state index in [9.17, 15) is 4.79 Å². The SMILES string of the molecule is COc1ccc(Cl)cc1CC(=O)NCCOc1ccc(C)cc1. The molecule has 0 spiro atoms. The number of ether oxygens (including phenoxy) is 2. The van der Waals surface area contributed by atoms with E-state index in [2.05, 4.69) is 5.32 Å². The van der Waals surface area contributed by atoms with Crippen LogP contribution < -0.4 is 14.8 Å². The smallest absolute Gasteiger partial charge is 0.224 e. The first-order chi connectivity index (χ1) is 11.1. The number of hydrogen-bond acceptors (Lipinski definition) is 3. The van der Waals surface area contributed by atoms with Crippen LogP contribution in [0.5, 0.6) is 11.5 Å². The molecule has 0 aromatic heterocycles. The highest BCUT2D eigenvalue weighted by molar-refractivity contribution is 6.30. The van der Waals surface area contributed by atoms with Gasteiger partial charge in [-0.25, -0.2) is 0 Å². The van der Waals surface area contributed by atoms with Crippen molar-refractivity contribution in [2.24, 2.45) is 0 Å². The van der Waals surface area contributed by atoms with Gasteiger partial charge in [0.15, 0.2) is 0 Å². The zero-order chi connectivity index (χ0) is 16.7. The van der Waals surface area contributed by atoms with Gasteiger partial charge in [-0.1, -0.05) is 29.3 Å². The number of carbonyl (C=O) groups is 1. The molecule has 5 heteroatoms. The quantitative estimate of drug-likeness (QED) is 0.790. The molecule has 0 aliphatic carbocycles. The van der Waals surface area contributed by atoms with E-state index < -0.39 is 0 Å². The number of hydrogen-bond donors (Lipinski definition) is 1. The molecule has 1 amide bonds. The number of benzene rings is 2. The molecule has 0 fully saturated rings. The zero-order valence-corrected chi connectivity index (χ0v) is 14.0. The molecular weight excluding hydrogens is 314 g/mol. The van der Waals surface area contributed by atoms with Crippen LogP contribution in [0.15, 0.2) is 42.5 Å². The van der Waals surface area contributed by atoms with Gasteiger partial charge in [0.05, 0.1) is 20.1 Å². The van der Waals surface area contributed by atoms with Gasteiger partial charge >= 0.3 is 0 Å². The molecule has 4 nitrogen and oxygen atoms in total. The number of nitrogens with one attached hydrogen (secondary N) is 1. The Kier molecular flexibility index (Phi) is 6.29. The molecule has 0 heterocycles. The van der Waals surface area contributed by atoms with Crippen molar-refractivity contribution in [2.75, 3.05) is 20.3 Å². The fourth-order valence-electron chi connectivity index (χ4n) is 2.11. The van der Waals surface area contributed by atoms with Crippen molar-refractivity contribution in [1.82, 2.24) is 5.32 Å². The number of halogens is 1. The molecule has 23 heavy (non-hydrogen) atoms. The fraction of sp³-hybridized carbons (Fsp3) is 0.278. The minimum absolute atomic E-state index is 0.0990. The third-order valence-corrected chi connectivity index (χ3v) is 3.54. The topological polar surface area (TPSA) is 47.6 Å². The van der Waals surface area contributed by atoms with Gasteiger partial charge in [-0.2, -0.15) is 0 Å². The number of aryl methyl sites for hydroxylation is 1. The van der Waals surface area contributed by atoms with Gasteiger partial charge in [0, 0.05) is 10.6 Å². The van der Waals surface area contributed by atoms with Crippen LogP contribution in [-0.2, 0) is 11.2 Å². The van der Waals surface area contributed by atoms with Crippen molar-refractivity contribution in [3.05, 3.63) is 58.6 Å². The molecule has 2 aromatic rings. The lowest BCUT2D eigenvalue weighted by Crippen LogP contribution is -2.29. The Morgan fingerprint density at radius 2 is 1.91 bits per heavy atom. The fourth-order valence-corrected chi connectivity index (χ4v) is 2.31. The molecule has 0 aliphatic rings. The van der Waals surface area contributed by atoms with Crippen LogP contribution in [0.4, 0.5) is 0 Å². The summed E-state index contributed by atoms with van der Waals surface area (Å²) in [7, 11) is 1.57. The second-order valence-corrected chi connectivity index (χ2v) is 5.58. The van der Waals surface area contributed by atoms with Gasteiger partial charge in [0.25, 0.3) is 0 Å². The van der Waals surface area contributed by atoms with Gasteiger partial charge in [-0.05, 0) is 37.3 Å². The second kappa shape index (κ2) is 8.44. The maximum absolute atomic E-state index is 12.0. The molecule has 2 aromatic carbocycles. The summed E-state index contributed by atoms with van der Waals surface area (Å²) in [5, 5.41) is 3.40. The maximum atomic E-state index is 12.0. The molecule has 0 saturated carbocycles. The average molecular weight is 334 g/mol. The molecule has 0 radical (unpaired) electrons. The van der Waals surface area contributed by atoms with Crippen LogP contribution in [0, 0.1) is 6.92 Å². The molecule has 1 N–H and O–H groups in total. The first kappa shape index (κ1) is 17.2. The largest absolute Gasteiger partial charge is 0.496 e. The van der Waals surface area contributed by atoms with E-state index in [0.717, 1.165) is 11.3 Å². The number of methoxy groups -OCH3 is 1. The van der Waals surface area contributed by atoms with Crippen molar-refractivity contribution in [3.8, 4) is 11.5 Å². The van der Waals surface area contributed by atoms with Crippen molar-refractivity contribution in [3.63, 3.8) is 0 Å². The summed E-state index contributed by atoms with van der Waals surface area (Å²) in [6.45, 7) is 2.88. The van der Waals surface area contributed by atoms with E-state index in [1.54, 1.807) is 25.3 Å². The lowest BCUT2D eigenvalue weighted by atomic mass is 10.1. The summed E-state index contributed by atoms with van der Waals surface area (Å²) in [5.41, 5.74) is 1.94. The van der Waals surface area contributed by atoms with Crippen LogP contribution in [0.3, 0.4) is 0 Å². The van der Waals surface area contributed by atoms with E-state index in [-0.39, 0.29) is 12.3 Å². The lowest BCUT2D eigenvalue weighted by molar-refractivity contribution is -0.120. The van der Waals surface area contributed by atoms with Crippen molar-refractivity contribution in [2.45, 2.75) is 13.3 Å². The van der Waals surface area contributed by atoms with Crippen LogP contribution >= 0.6 is 11.6 Å². The van der Waals surface area contributed by atoms with Crippen molar-refractivity contribution >= 4 is 17.5 Å². The molecule has 0 aliphatic heterocycles. The summed E-state index contributed by atoms with van der Waals surface area (Å²) in [4.78, 5) is 12.0. The molecular formula is C18H20ClNO3. The molecule has 122 valence electrons. The normalized spacial score (nSPS) is 10.2. The van der Waals surface area contributed by atoms with Crippen molar-refractivity contribution in [1.29, 1.82) is 0 Å². The predicted molar refractivity (Wildman–Crippen MR) is 91.4 cm³/mol. The van der Waals surface area contributed by atoms with E-state index in [4.69, 9.17) is 21.1 Å². The van der Waals surface area contributed by atoms with Gasteiger partial charge in [0.2, 0.25) is 5.91 Å². The number of rotatable bonds is 7. The predicted octanol–water partition coefficient (Wildman–Crippen LogP) is 3.39. The first-order valence-corrected chi connectivity index (χ1v) is 7.75. The third kappa shape index (κ3) is 5.49. The summed E-state index contributed by atoms with van der Waals surface area (Å²) >= 11 is 5.96. The minimum atomic E-state index is -0.0990. The Morgan fingerprint density at radius 1 is 1.17 bits per heavy atom. The van der Waals surface area contributed by atoms with Crippen LogP contribution in [0.1, 0.15) is 11.1 Å².